The molecule has 0 aromatic carbocycles. The summed E-state index contributed by atoms with van der Waals surface area (Å²) < 4.78 is 7.54. The summed E-state index contributed by atoms with van der Waals surface area (Å²) in [5.41, 5.74) is 1.15. The molecule has 0 radical (unpaired) electrons. The molecule has 0 saturated heterocycles. The van der Waals surface area contributed by atoms with E-state index in [1.54, 1.807) is 18.5 Å². The summed E-state index contributed by atoms with van der Waals surface area (Å²) >= 11 is 2.07. The molecule has 0 fully saturated rings. The van der Waals surface area contributed by atoms with Crippen LogP contribution in [-0.2, 0) is 4.74 Å². The second-order valence-electron chi connectivity index (χ2n) is 2.09. The lowest BCUT2D eigenvalue weighted by molar-refractivity contribution is 0.0602. The Morgan fingerprint density at radius 3 is 3.15 bits per heavy atom. The van der Waals surface area contributed by atoms with Crippen molar-refractivity contribution in [3.63, 3.8) is 0 Å². The third-order valence-corrected chi connectivity index (χ3v) is 2.33. The quantitative estimate of drug-likeness (QED) is 0.527. The number of aromatic nitrogens is 1. The van der Waals surface area contributed by atoms with Crippen molar-refractivity contribution in [2.75, 3.05) is 11.8 Å². The number of hydrogen-bond acceptors (Lipinski definition) is 5. The van der Waals surface area contributed by atoms with E-state index >= 15 is 0 Å². The van der Waals surface area contributed by atoms with E-state index in [4.69, 9.17) is 0 Å². The topological polar surface area (TPSA) is 51.2 Å². The number of nitrogens with one attached hydrogen (secondary N) is 1. The largest absolute Gasteiger partial charge is 0.465 e. The fourth-order valence-electron chi connectivity index (χ4n) is 0.805. The first-order valence-corrected chi connectivity index (χ1v) is 6.71. The molecule has 1 heterocycles. The van der Waals surface area contributed by atoms with Gasteiger partial charge in [0, 0.05) is 36.5 Å². The van der Waals surface area contributed by atoms with Crippen LogP contribution in [0.2, 0.25) is 0 Å². The molecule has 0 bridgehead atoms. The van der Waals surface area contributed by atoms with Gasteiger partial charge in [-0.15, -0.1) is 0 Å². The van der Waals surface area contributed by atoms with Crippen LogP contribution in [-0.4, -0.2) is 18.1 Å². The summed E-state index contributed by atoms with van der Waals surface area (Å²) in [5.74, 6) is -0.365. The van der Waals surface area contributed by atoms with Crippen LogP contribution in [0.1, 0.15) is 10.4 Å². The van der Waals surface area contributed by atoms with Crippen LogP contribution in [0.5, 0.6) is 0 Å². The Morgan fingerprint density at radius 2 is 2.54 bits per heavy atom. The molecule has 0 aliphatic heterocycles. The number of carbonyl (C=O) groups excluding carboxylic acids is 1. The third kappa shape index (κ3) is 2.73. The van der Waals surface area contributed by atoms with E-state index in [0.29, 0.717) is 11.3 Å². The Kier molecular flexibility index (Phi) is 4.29. The highest BCUT2D eigenvalue weighted by Crippen LogP contribution is 2.21. The molecule has 1 N–H and O–H groups in total. The van der Waals surface area contributed by atoms with E-state index in [0.717, 1.165) is 0 Å². The molecule has 13 heavy (non-hydrogen) atoms. The normalized spacial score (nSPS) is 9.38. The molecule has 6 heteroatoms. The van der Waals surface area contributed by atoms with Gasteiger partial charge in [0.05, 0.1) is 24.6 Å². The van der Waals surface area contributed by atoms with Gasteiger partial charge in [-0.1, -0.05) is 0 Å². The number of ether oxygens (including phenoxy) is 1. The lowest BCUT2D eigenvalue weighted by Gasteiger charge is -2.05. The highest BCUT2D eigenvalue weighted by Gasteiger charge is 2.10. The van der Waals surface area contributed by atoms with Crippen molar-refractivity contribution in [2.45, 2.75) is 0 Å². The van der Waals surface area contributed by atoms with E-state index in [2.05, 4.69) is 35.6 Å². The summed E-state index contributed by atoms with van der Waals surface area (Å²) in [5, 5.41) is 0. The zero-order valence-electron chi connectivity index (χ0n) is 6.78. The fourth-order valence-corrected chi connectivity index (χ4v) is 1.76. The maximum Gasteiger partial charge on any atom is 0.340 e. The zero-order valence-corrected chi connectivity index (χ0v) is 9.76. The van der Waals surface area contributed by atoms with Gasteiger partial charge in [0.15, 0.2) is 0 Å². The number of carbonyl (C=O) groups is 1. The van der Waals surface area contributed by atoms with Gasteiger partial charge in [0.2, 0.25) is 0 Å². The molecule has 0 aliphatic carbocycles. The van der Waals surface area contributed by atoms with Gasteiger partial charge in [-0.25, -0.2) is 4.79 Å². The van der Waals surface area contributed by atoms with Crippen molar-refractivity contribution in [1.29, 1.82) is 0 Å². The molecule has 0 aliphatic rings. The smallest absolute Gasteiger partial charge is 0.340 e. The van der Waals surface area contributed by atoms with E-state index in [-0.39, 0.29) is 5.97 Å². The molecule has 0 saturated carbocycles. The summed E-state index contributed by atoms with van der Waals surface area (Å²) in [6, 6.07) is 1.61. The SMILES string of the molecule is COC(=O)c1ccncc1NSI. The second kappa shape index (κ2) is 5.28. The molecule has 0 unspecified atom stereocenters. The van der Waals surface area contributed by atoms with E-state index in [1.807, 2.05) is 0 Å². The molecular weight excluding hydrogens is 303 g/mol. The minimum absolute atomic E-state index is 0.365. The minimum atomic E-state index is -0.365. The summed E-state index contributed by atoms with van der Waals surface area (Å²) in [4.78, 5) is 15.1. The summed E-state index contributed by atoms with van der Waals surface area (Å²) in [6.45, 7) is 0. The number of anilines is 1. The monoisotopic (exact) mass is 310 g/mol. The number of rotatable bonds is 3. The van der Waals surface area contributed by atoms with Gasteiger partial charge in [-0.05, 0) is 6.07 Å². The first-order valence-electron chi connectivity index (χ1n) is 3.35. The Labute approximate surface area is 92.2 Å². The van der Waals surface area contributed by atoms with Crippen molar-refractivity contribution in [2.24, 2.45) is 0 Å². The second-order valence-corrected chi connectivity index (χ2v) is 3.77. The van der Waals surface area contributed by atoms with E-state index in [1.165, 1.54) is 16.2 Å². The van der Waals surface area contributed by atoms with Gasteiger partial charge in [-0.2, -0.15) is 0 Å². The van der Waals surface area contributed by atoms with E-state index < -0.39 is 0 Å². The number of methoxy groups -OCH3 is 1. The molecule has 0 spiro atoms. The van der Waals surface area contributed by atoms with Gasteiger partial charge in [0.25, 0.3) is 0 Å². The number of esters is 1. The van der Waals surface area contributed by atoms with Crippen LogP contribution in [0.4, 0.5) is 5.69 Å². The Hall–Kier alpha value is -0.500. The van der Waals surface area contributed by atoms with Crippen molar-refractivity contribution >= 4 is 42.0 Å². The van der Waals surface area contributed by atoms with Gasteiger partial charge in [0.1, 0.15) is 0 Å². The van der Waals surface area contributed by atoms with Crippen molar-refractivity contribution in [3.8, 4) is 0 Å². The van der Waals surface area contributed by atoms with Gasteiger partial charge in [-0.3, -0.25) is 4.98 Å². The summed E-state index contributed by atoms with van der Waals surface area (Å²) in [7, 11) is 2.72. The van der Waals surface area contributed by atoms with Crippen molar-refractivity contribution in [3.05, 3.63) is 24.0 Å². The van der Waals surface area contributed by atoms with Crippen LogP contribution in [0.25, 0.3) is 0 Å². The lowest BCUT2D eigenvalue weighted by Crippen LogP contribution is -2.04. The minimum Gasteiger partial charge on any atom is -0.465 e. The zero-order chi connectivity index (χ0) is 9.68. The van der Waals surface area contributed by atoms with Crippen molar-refractivity contribution < 1.29 is 9.53 Å². The fraction of sp³-hybridized carbons (Fsp3) is 0.143. The standard InChI is InChI=1S/C7H7IN2O2S/c1-12-7(11)5-2-3-9-4-6(5)10-13-8/h2-4,10H,1H3. The van der Waals surface area contributed by atoms with Gasteiger partial charge >= 0.3 is 5.97 Å². The maximum absolute atomic E-state index is 11.2. The molecule has 0 amide bonds. The highest BCUT2D eigenvalue weighted by molar-refractivity contribution is 14.2. The van der Waals surface area contributed by atoms with Crippen LogP contribution >= 0.6 is 30.3 Å². The molecule has 0 atom stereocenters. The molecule has 4 nitrogen and oxygen atoms in total. The molecule has 1 aromatic rings. The number of nitrogens with zero attached hydrogens (tertiary/aromatic N) is 1. The Morgan fingerprint density at radius 1 is 1.77 bits per heavy atom. The molecular formula is C7H7IN2O2S. The van der Waals surface area contributed by atoms with Crippen LogP contribution in [0, 0.1) is 0 Å². The first kappa shape index (κ1) is 10.6. The molecule has 1 rings (SSSR count). The number of hydrogen-bond donors (Lipinski definition) is 1. The van der Waals surface area contributed by atoms with Crippen LogP contribution in [0.15, 0.2) is 18.5 Å². The Bertz CT molecular complexity index is 308. The summed E-state index contributed by atoms with van der Waals surface area (Å²) in [6.07, 6.45) is 3.13. The van der Waals surface area contributed by atoms with Gasteiger partial charge < -0.3 is 9.46 Å². The predicted octanol–water partition coefficient (Wildman–Crippen LogP) is 2.28. The highest BCUT2D eigenvalue weighted by atomic mass is 127. The first-order chi connectivity index (χ1) is 6.29. The van der Waals surface area contributed by atoms with Crippen LogP contribution in [0.3, 0.4) is 0 Å². The van der Waals surface area contributed by atoms with E-state index in [9.17, 15) is 4.79 Å². The van der Waals surface area contributed by atoms with Crippen LogP contribution < -0.4 is 4.72 Å². The van der Waals surface area contributed by atoms with Crippen molar-refractivity contribution in [1.82, 2.24) is 4.98 Å². The molecule has 1 aromatic heterocycles. The number of pyridine rings is 1. The predicted molar refractivity (Wildman–Crippen MR) is 60.8 cm³/mol. The lowest BCUT2D eigenvalue weighted by atomic mass is 10.2. The Balaban J connectivity index is 2.97. The maximum atomic E-state index is 11.2. The average molecular weight is 310 g/mol. The average Bonchev–Trinajstić information content (AvgIpc) is 2.18. The number of halogens is 1. The third-order valence-electron chi connectivity index (χ3n) is 1.37. The molecule has 70 valence electrons.